The molecule has 120 valence electrons. The fourth-order valence-electron chi connectivity index (χ4n) is 3.54. The predicted molar refractivity (Wildman–Crippen MR) is 79.4 cm³/mol. The Morgan fingerprint density at radius 2 is 1.65 bits per heavy atom. The van der Waals surface area contributed by atoms with Crippen LogP contribution in [-0.2, 0) is 9.63 Å². The summed E-state index contributed by atoms with van der Waals surface area (Å²) < 4.78 is 0. The summed E-state index contributed by atoms with van der Waals surface area (Å²) in [5.74, 6) is -1.71. The fourth-order valence-corrected chi connectivity index (χ4v) is 3.54. The first kappa shape index (κ1) is 14.3. The van der Waals surface area contributed by atoms with Crippen LogP contribution in [0.15, 0.2) is 24.3 Å². The van der Waals surface area contributed by atoms with Crippen LogP contribution in [0.25, 0.3) is 0 Å². The molecule has 2 bridgehead atoms. The van der Waals surface area contributed by atoms with Crippen molar-refractivity contribution in [2.45, 2.75) is 19.0 Å². The monoisotopic (exact) mass is 315 g/mol. The van der Waals surface area contributed by atoms with Gasteiger partial charge in [-0.2, -0.15) is 0 Å². The van der Waals surface area contributed by atoms with Crippen molar-refractivity contribution in [2.75, 3.05) is 26.2 Å². The van der Waals surface area contributed by atoms with Crippen LogP contribution in [0, 0.1) is 0 Å². The van der Waals surface area contributed by atoms with Gasteiger partial charge in [-0.25, -0.2) is 4.79 Å². The predicted octanol–water partition coefficient (Wildman–Crippen LogP) is 0.129. The van der Waals surface area contributed by atoms with E-state index in [1.165, 1.54) is 0 Å². The number of imide groups is 1. The number of hydrogen-bond donors (Lipinski definition) is 0. The van der Waals surface area contributed by atoms with Crippen LogP contribution in [0.1, 0.15) is 27.6 Å². The second-order valence-corrected chi connectivity index (χ2v) is 6.22. The van der Waals surface area contributed by atoms with Crippen molar-refractivity contribution < 1.29 is 19.2 Å². The molecule has 4 unspecified atom stereocenters. The molecule has 0 saturated carbocycles. The maximum atomic E-state index is 12.5. The number of carbonyl (C=O) groups is 3. The molecule has 4 heterocycles. The smallest absolute Gasteiger partial charge is 0.328 e. The molecule has 0 N–H and O–H groups in total. The Morgan fingerprint density at radius 3 is 2.17 bits per heavy atom. The molecule has 7 heteroatoms. The number of hydrogen-bond acceptors (Lipinski definition) is 6. The van der Waals surface area contributed by atoms with Gasteiger partial charge in [0.15, 0.2) is 0 Å². The Hall–Kier alpha value is -2.25. The Morgan fingerprint density at radius 1 is 1.04 bits per heavy atom. The van der Waals surface area contributed by atoms with E-state index in [-0.39, 0.29) is 11.1 Å². The van der Waals surface area contributed by atoms with Crippen molar-refractivity contribution in [1.82, 2.24) is 14.9 Å². The lowest BCUT2D eigenvalue weighted by molar-refractivity contribution is -0.181. The molecule has 4 aliphatic rings. The van der Waals surface area contributed by atoms with Crippen molar-refractivity contribution in [1.29, 1.82) is 0 Å². The minimum atomic E-state index is -0.580. The quantitative estimate of drug-likeness (QED) is 0.723. The first-order chi connectivity index (χ1) is 11.1. The van der Waals surface area contributed by atoms with Crippen LogP contribution < -0.4 is 0 Å². The summed E-state index contributed by atoms with van der Waals surface area (Å²) in [4.78, 5) is 46.4. The maximum absolute atomic E-state index is 12.5. The van der Waals surface area contributed by atoms with Crippen molar-refractivity contribution in [2.24, 2.45) is 0 Å². The highest BCUT2D eigenvalue weighted by atomic mass is 16.7. The van der Waals surface area contributed by atoms with E-state index in [0.717, 1.165) is 19.6 Å². The summed E-state index contributed by atoms with van der Waals surface area (Å²) in [7, 11) is 0. The highest BCUT2D eigenvalue weighted by Gasteiger charge is 2.44. The number of piperazine rings is 3. The average Bonchev–Trinajstić information content (AvgIpc) is 2.81. The molecule has 0 aliphatic carbocycles. The molecule has 0 radical (unpaired) electrons. The van der Waals surface area contributed by atoms with Crippen LogP contribution in [0.3, 0.4) is 0 Å². The molecule has 1 aromatic carbocycles. The van der Waals surface area contributed by atoms with Gasteiger partial charge in [-0.1, -0.05) is 17.2 Å². The molecule has 3 saturated heterocycles. The van der Waals surface area contributed by atoms with Gasteiger partial charge in [0.1, 0.15) is 6.04 Å². The Kier molecular flexibility index (Phi) is 3.21. The SMILES string of the molecule is CC1CN2CCN1CC2C(=O)ON1C(=O)c2ccccc2C1=O. The van der Waals surface area contributed by atoms with Crippen LogP contribution in [0.2, 0.25) is 0 Å². The van der Waals surface area contributed by atoms with E-state index >= 15 is 0 Å². The number of fused-ring (bicyclic) bond motifs is 4. The number of benzene rings is 1. The average molecular weight is 315 g/mol. The zero-order valence-electron chi connectivity index (χ0n) is 12.8. The van der Waals surface area contributed by atoms with Gasteiger partial charge in [0, 0.05) is 32.2 Å². The lowest BCUT2D eigenvalue weighted by atomic mass is 10.0. The topological polar surface area (TPSA) is 70.2 Å². The van der Waals surface area contributed by atoms with E-state index in [2.05, 4.69) is 16.7 Å². The van der Waals surface area contributed by atoms with E-state index in [0.29, 0.717) is 17.6 Å². The summed E-state index contributed by atoms with van der Waals surface area (Å²) in [6, 6.07) is 6.45. The van der Waals surface area contributed by atoms with Crippen molar-refractivity contribution in [3.05, 3.63) is 35.4 Å². The van der Waals surface area contributed by atoms with Gasteiger partial charge in [-0.05, 0) is 19.1 Å². The van der Waals surface area contributed by atoms with Crippen LogP contribution in [0.5, 0.6) is 0 Å². The lowest BCUT2D eigenvalue weighted by Gasteiger charge is -2.49. The number of carbonyl (C=O) groups excluding carboxylic acids is 3. The van der Waals surface area contributed by atoms with Crippen LogP contribution in [0.4, 0.5) is 0 Å². The molecule has 0 spiro atoms. The third-order valence-electron chi connectivity index (χ3n) is 4.85. The molecule has 5 rings (SSSR count). The zero-order chi connectivity index (χ0) is 16.1. The molecule has 2 amide bonds. The minimum absolute atomic E-state index is 0.271. The first-order valence-electron chi connectivity index (χ1n) is 7.74. The van der Waals surface area contributed by atoms with Gasteiger partial charge < -0.3 is 4.84 Å². The van der Waals surface area contributed by atoms with Gasteiger partial charge in [0.05, 0.1) is 11.1 Å². The van der Waals surface area contributed by atoms with Crippen molar-refractivity contribution >= 4 is 17.8 Å². The highest BCUT2D eigenvalue weighted by Crippen LogP contribution is 2.25. The molecule has 3 fully saturated rings. The van der Waals surface area contributed by atoms with Gasteiger partial charge >= 0.3 is 5.97 Å². The number of hydroxylamine groups is 2. The third-order valence-corrected chi connectivity index (χ3v) is 4.85. The van der Waals surface area contributed by atoms with E-state index in [4.69, 9.17) is 4.84 Å². The van der Waals surface area contributed by atoms with E-state index in [9.17, 15) is 14.4 Å². The summed E-state index contributed by atoms with van der Waals surface area (Å²) in [5, 5.41) is 0.592. The third kappa shape index (κ3) is 2.15. The molecular weight excluding hydrogens is 298 g/mol. The first-order valence-corrected chi connectivity index (χ1v) is 7.74. The summed E-state index contributed by atoms with van der Waals surface area (Å²) in [6.07, 6.45) is 0. The summed E-state index contributed by atoms with van der Waals surface area (Å²) in [6.45, 7) is 5.22. The Bertz CT molecular complexity index is 669. The van der Waals surface area contributed by atoms with Crippen LogP contribution in [-0.4, -0.2) is 70.9 Å². The lowest BCUT2D eigenvalue weighted by Crippen LogP contribution is -2.67. The largest absolute Gasteiger partial charge is 0.351 e. The zero-order valence-corrected chi connectivity index (χ0v) is 12.8. The normalized spacial score (nSPS) is 32.1. The number of amides is 2. The summed E-state index contributed by atoms with van der Waals surface area (Å²) in [5.41, 5.74) is 0.543. The molecular formula is C16H17N3O4. The maximum Gasteiger partial charge on any atom is 0.351 e. The van der Waals surface area contributed by atoms with Gasteiger partial charge in [0.25, 0.3) is 11.8 Å². The Balaban J connectivity index is 1.50. The summed E-state index contributed by atoms with van der Waals surface area (Å²) >= 11 is 0. The molecule has 1 aromatic rings. The molecule has 23 heavy (non-hydrogen) atoms. The van der Waals surface area contributed by atoms with Crippen molar-refractivity contribution in [3.8, 4) is 0 Å². The number of rotatable bonds is 2. The van der Waals surface area contributed by atoms with E-state index in [1.807, 2.05) is 0 Å². The van der Waals surface area contributed by atoms with E-state index in [1.54, 1.807) is 24.3 Å². The Labute approximate surface area is 133 Å². The minimum Gasteiger partial charge on any atom is -0.328 e. The van der Waals surface area contributed by atoms with E-state index < -0.39 is 23.8 Å². The second kappa shape index (κ2) is 5.14. The highest BCUT2D eigenvalue weighted by molar-refractivity contribution is 6.20. The standard InChI is InChI=1S/C16H17N3O4/c1-10-8-18-7-6-17(10)9-13(18)16(22)23-19-14(20)11-4-2-3-5-12(11)15(19)21/h2-5,10,13H,6-9H2,1H3. The van der Waals surface area contributed by atoms with Gasteiger partial charge in [0.2, 0.25) is 0 Å². The van der Waals surface area contributed by atoms with Gasteiger partial charge in [-0.3, -0.25) is 19.4 Å². The fraction of sp³-hybridized carbons (Fsp3) is 0.438. The number of nitrogens with zero attached hydrogens (tertiary/aromatic N) is 3. The molecule has 7 nitrogen and oxygen atoms in total. The van der Waals surface area contributed by atoms with Gasteiger partial charge in [-0.15, -0.1) is 0 Å². The molecule has 4 aliphatic heterocycles. The second-order valence-electron chi connectivity index (χ2n) is 6.22. The molecule has 4 atom stereocenters. The molecule has 0 aromatic heterocycles. The van der Waals surface area contributed by atoms with Crippen molar-refractivity contribution in [3.63, 3.8) is 0 Å². The van der Waals surface area contributed by atoms with Crippen LogP contribution >= 0.6 is 0 Å².